The molecule has 1 aliphatic carbocycles. The number of amides is 1. The molecule has 30 heavy (non-hydrogen) atoms. The number of nitrogens with two attached hydrogens (primary N) is 1. The minimum Gasteiger partial charge on any atom is -0.425 e. The molecule has 2 aromatic rings. The van der Waals surface area contributed by atoms with Crippen molar-refractivity contribution < 1.29 is 18.7 Å². The quantitative estimate of drug-likeness (QED) is 0.485. The highest BCUT2D eigenvalue weighted by Crippen LogP contribution is 2.29. The van der Waals surface area contributed by atoms with E-state index in [0.717, 1.165) is 25.3 Å². The number of nitrogens with zero attached hydrogens (tertiary/aromatic N) is 2. The van der Waals surface area contributed by atoms with Gasteiger partial charge in [-0.25, -0.2) is 9.18 Å². The second-order valence-electron chi connectivity index (χ2n) is 8.00. The zero-order valence-electron chi connectivity index (χ0n) is 17.1. The van der Waals surface area contributed by atoms with Crippen LogP contribution in [-0.2, 0) is 11.3 Å². The van der Waals surface area contributed by atoms with Gasteiger partial charge < -0.3 is 15.4 Å². The van der Waals surface area contributed by atoms with Gasteiger partial charge in [-0.2, -0.15) is 5.10 Å². The number of halogens is 2. The van der Waals surface area contributed by atoms with Crippen LogP contribution in [0.1, 0.15) is 55.6 Å². The normalized spacial score (nSPS) is 15.9. The molecule has 0 saturated heterocycles. The Balaban J connectivity index is 1.75. The highest BCUT2D eigenvalue weighted by Gasteiger charge is 2.29. The number of carbonyl (C=O) groups excluding carboxylic acids is 2. The van der Waals surface area contributed by atoms with E-state index < -0.39 is 17.3 Å². The fourth-order valence-electron chi connectivity index (χ4n) is 3.07. The molecule has 3 rings (SSSR count). The molecule has 9 heteroatoms. The molecular weight excluding hydrogens is 411 g/mol. The van der Waals surface area contributed by atoms with E-state index in [9.17, 15) is 14.0 Å². The first kappa shape index (κ1) is 22.2. The molecule has 3 N–H and O–H groups in total. The van der Waals surface area contributed by atoms with Crippen LogP contribution in [0.5, 0.6) is 5.75 Å². The molecule has 1 fully saturated rings. The summed E-state index contributed by atoms with van der Waals surface area (Å²) in [6, 6.07) is 5.60. The van der Waals surface area contributed by atoms with Crippen molar-refractivity contribution in [3.05, 3.63) is 46.5 Å². The molecule has 0 unspecified atom stereocenters. The van der Waals surface area contributed by atoms with E-state index in [0.29, 0.717) is 24.4 Å². The molecule has 0 spiro atoms. The number of H-pyrrole nitrogens is 1. The fraction of sp³-hybridized carbons (Fsp3) is 0.476. The Labute approximate surface area is 179 Å². The highest BCUT2D eigenvalue weighted by atomic mass is 35.5. The monoisotopic (exact) mass is 436 g/mol. The number of ether oxygens (including phenoxy) is 1. The molecule has 0 radical (unpaired) electrons. The summed E-state index contributed by atoms with van der Waals surface area (Å²) in [4.78, 5) is 26.6. The van der Waals surface area contributed by atoms with E-state index in [1.165, 1.54) is 18.2 Å². The number of nitrogens with one attached hydrogen (secondary N) is 1. The SMILES string of the molecule is CC[C@@](C)(N)C(=O)Oc1ccc(CN(CC2CCC2)C(=O)c2cc(Cl)[nH]n2)c(F)c1. The van der Waals surface area contributed by atoms with E-state index >= 15 is 0 Å². The third-order valence-electron chi connectivity index (χ3n) is 5.55. The number of hydrogen-bond donors (Lipinski definition) is 2. The van der Waals surface area contributed by atoms with Gasteiger partial charge in [0.05, 0.1) is 0 Å². The number of aromatic amines is 1. The Morgan fingerprint density at radius 3 is 2.67 bits per heavy atom. The van der Waals surface area contributed by atoms with Gasteiger partial charge in [-0.3, -0.25) is 9.89 Å². The van der Waals surface area contributed by atoms with Crippen LogP contribution in [0.15, 0.2) is 24.3 Å². The van der Waals surface area contributed by atoms with Crippen molar-refractivity contribution in [3.63, 3.8) is 0 Å². The zero-order valence-corrected chi connectivity index (χ0v) is 17.8. The van der Waals surface area contributed by atoms with Crippen LogP contribution in [0.2, 0.25) is 5.15 Å². The second-order valence-corrected chi connectivity index (χ2v) is 8.40. The number of benzene rings is 1. The molecule has 1 heterocycles. The van der Waals surface area contributed by atoms with Gasteiger partial charge in [-0.15, -0.1) is 0 Å². The average Bonchev–Trinajstić information content (AvgIpc) is 3.11. The van der Waals surface area contributed by atoms with Gasteiger partial charge in [-0.1, -0.05) is 31.0 Å². The smallest absolute Gasteiger partial charge is 0.331 e. The molecule has 0 aliphatic heterocycles. The number of hydrogen-bond acceptors (Lipinski definition) is 5. The predicted molar refractivity (Wildman–Crippen MR) is 111 cm³/mol. The van der Waals surface area contributed by atoms with Crippen molar-refractivity contribution in [1.29, 1.82) is 0 Å². The van der Waals surface area contributed by atoms with Gasteiger partial charge in [0.2, 0.25) is 0 Å². The maximum absolute atomic E-state index is 14.7. The summed E-state index contributed by atoms with van der Waals surface area (Å²) >= 11 is 5.84. The first-order valence-corrected chi connectivity index (χ1v) is 10.4. The molecule has 1 aliphatic rings. The zero-order chi connectivity index (χ0) is 21.9. The molecule has 7 nitrogen and oxygen atoms in total. The minimum atomic E-state index is -1.15. The molecule has 1 saturated carbocycles. The van der Waals surface area contributed by atoms with E-state index in [1.54, 1.807) is 18.7 Å². The Morgan fingerprint density at radius 2 is 2.13 bits per heavy atom. The fourth-order valence-corrected chi connectivity index (χ4v) is 3.22. The molecular formula is C21H26ClFN4O3. The van der Waals surface area contributed by atoms with Crippen LogP contribution in [0, 0.1) is 11.7 Å². The average molecular weight is 437 g/mol. The highest BCUT2D eigenvalue weighted by molar-refractivity contribution is 6.29. The number of carbonyl (C=O) groups is 2. The van der Waals surface area contributed by atoms with Gasteiger partial charge in [0.15, 0.2) is 5.69 Å². The van der Waals surface area contributed by atoms with Crippen LogP contribution in [-0.4, -0.2) is 39.1 Å². The lowest BCUT2D eigenvalue weighted by molar-refractivity contribution is -0.139. The predicted octanol–water partition coefficient (Wildman–Crippen LogP) is 3.68. The number of esters is 1. The molecule has 0 bridgehead atoms. The van der Waals surface area contributed by atoms with Crippen LogP contribution >= 0.6 is 11.6 Å². The van der Waals surface area contributed by atoms with Gasteiger partial charge >= 0.3 is 5.97 Å². The van der Waals surface area contributed by atoms with Crippen molar-refractivity contribution in [2.75, 3.05) is 6.54 Å². The summed E-state index contributed by atoms with van der Waals surface area (Å²) in [5.41, 5.74) is 5.22. The summed E-state index contributed by atoms with van der Waals surface area (Å²) in [7, 11) is 0. The van der Waals surface area contributed by atoms with Gasteiger partial charge in [0.25, 0.3) is 5.91 Å². The van der Waals surface area contributed by atoms with Crippen molar-refractivity contribution in [1.82, 2.24) is 15.1 Å². The summed E-state index contributed by atoms with van der Waals surface area (Å²) in [5.74, 6) is -1.05. The molecule has 1 atom stereocenters. The van der Waals surface area contributed by atoms with Crippen molar-refractivity contribution in [2.24, 2.45) is 11.7 Å². The van der Waals surface area contributed by atoms with E-state index in [1.807, 2.05) is 0 Å². The van der Waals surface area contributed by atoms with E-state index in [-0.39, 0.29) is 29.0 Å². The number of aromatic nitrogens is 2. The van der Waals surface area contributed by atoms with Gasteiger partial charge in [0, 0.05) is 30.8 Å². The largest absolute Gasteiger partial charge is 0.425 e. The summed E-state index contributed by atoms with van der Waals surface area (Å²) in [6.07, 6.45) is 3.60. The maximum atomic E-state index is 14.7. The summed E-state index contributed by atoms with van der Waals surface area (Å²) in [5, 5.41) is 6.72. The van der Waals surface area contributed by atoms with Crippen LogP contribution < -0.4 is 10.5 Å². The van der Waals surface area contributed by atoms with Gasteiger partial charge in [0.1, 0.15) is 22.3 Å². The first-order valence-electron chi connectivity index (χ1n) is 9.99. The van der Waals surface area contributed by atoms with Crippen LogP contribution in [0.4, 0.5) is 4.39 Å². The third kappa shape index (κ3) is 5.17. The lowest BCUT2D eigenvalue weighted by Gasteiger charge is -2.32. The van der Waals surface area contributed by atoms with E-state index in [2.05, 4.69) is 10.2 Å². The van der Waals surface area contributed by atoms with Crippen molar-refractivity contribution >= 4 is 23.5 Å². The Kier molecular flexibility index (Phi) is 6.77. The lowest BCUT2D eigenvalue weighted by Crippen LogP contribution is -2.46. The third-order valence-corrected chi connectivity index (χ3v) is 5.75. The van der Waals surface area contributed by atoms with Crippen LogP contribution in [0.25, 0.3) is 0 Å². The van der Waals surface area contributed by atoms with Crippen LogP contribution in [0.3, 0.4) is 0 Å². The van der Waals surface area contributed by atoms with Crippen molar-refractivity contribution in [3.8, 4) is 5.75 Å². The molecule has 162 valence electrons. The summed E-state index contributed by atoms with van der Waals surface area (Å²) in [6.45, 7) is 3.92. The Bertz CT molecular complexity index is 927. The Morgan fingerprint density at radius 1 is 1.40 bits per heavy atom. The second kappa shape index (κ2) is 9.14. The standard InChI is InChI=1S/C21H26ClFN4O3/c1-3-21(2,24)20(29)30-15-8-7-14(16(23)9-15)12-27(11-13-5-4-6-13)19(28)17-10-18(22)26-25-17/h7-10,13H,3-6,11-12,24H2,1-2H3,(H,25,26)/t21-/m1/s1. The number of rotatable bonds is 8. The first-order chi connectivity index (χ1) is 14.2. The van der Waals surface area contributed by atoms with Crippen molar-refractivity contribution in [2.45, 2.75) is 51.6 Å². The maximum Gasteiger partial charge on any atom is 0.331 e. The minimum absolute atomic E-state index is 0.0716. The lowest BCUT2D eigenvalue weighted by atomic mass is 9.85. The Hall–Kier alpha value is -2.45. The topological polar surface area (TPSA) is 101 Å². The van der Waals surface area contributed by atoms with Gasteiger partial charge in [-0.05, 0) is 38.2 Å². The molecule has 1 aromatic carbocycles. The molecule has 1 amide bonds. The summed E-state index contributed by atoms with van der Waals surface area (Å²) < 4.78 is 19.9. The molecule has 1 aromatic heterocycles. The van der Waals surface area contributed by atoms with E-state index in [4.69, 9.17) is 22.1 Å².